The van der Waals surface area contributed by atoms with Crippen molar-refractivity contribution in [2.75, 3.05) is 11.2 Å². The summed E-state index contributed by atoms with van der Waals surface area (Å²) in [6.45, 7) is 0.738. The quantitative estimate of drug-likeness (QED) is 0.847. The number of carbonyl (C=O) groups is 1. The van der Waals surface area contributed by atoms with Crippen molar-refractivity contribution in [1.29, 1.82) is 0 Å². The molecule has 0 spiro atoms. The number of benzene rings is 1. The number of halogens is 1. The van der Waals surface area contributed by atoms with Crippen LogP contribution in [0.5, 0.6) is 0 Å². The first kappa shape index (κ1) is 12.2. The van der Waals surface area contributed by atoms with Crippen molar-refractivity contribution < 1.29 is 4.79 Å². The van der Waals surface area contributed by atoms with Crippen molar-refractivity contribution in [1.82, 2.24) is 9.55 Å². The van der Waals surface area contributed by atoms with Crippen LogP contribution >= 0.6 is 11.6 Å². The maximum atomic E-state index is 12.2. The van der Waals surface area contributed by atoms with Gasteiger partial charge in [0.1, 0.15) is 11.7 Å². The van der Waals surface area contributed by atoms with Crippen LogP contribution in [0.2, 0.25) is 0 Å². The third-order valence-electron chi connectivity index (χ3n) is 3.22. The fourth-order valence-electron chi connectivity index (χ4n) is 2.36. The minimum absolute atomic E-state index is 0.00674. The molecule has 19 heavy (non-hydrogen) atoms. The van der Waals surface area contributed by atoms with Crippen LogP contribution in [0.4, 0.5) is 5.69 Å². The molecule has 0 unspecified atom stereocenters. The average molecular weight is 278 g/mol. The molecule has 0 fully saturated rings. The van der Waals surface area contributed by atoms with Crippen LogP contribution in [0.3, 0.4) is 0 Å². The Morgan fingerprint density at radius 2 is 2.32 bits per heavy atom. The molecular weight excluding hydrogens is 266 g/mol. The maximum absolute atomic E-state index is 12.2. The van der Waals surface area contributed by atoms with Gasteiger partial charge in [0.25, 0.3) is 5.56 Å². The van der Waals surface area contributed by atoms with Gasteiger partial charge in [0.2, 0.25) is 5.91 Å². The summed E-state index contributed by atoms with van der Waals surface area (Å²) in [5.74, 6) is 0.440. The van der Waals surface area contributed by atoms with Crippen molar-refractivity contribution in [3.05, 3.63) is 34.4 Å². The molecule has 6 heteroatoms. The molecule has 1 N–H and O–H groups in total. The number of carbonyl (C=O) groups excluding carboxylic acids is 1. The van der Waals surface area contributed by atoms with Gasteiger partial charge in [0.05, 0.1) is 10.9 Å². The zero-order chi connectivity index (χ0) is 13.4. The smallest absolute Gasteiger partial charge is 0.261 e. The summed E-state index contributed by atoms with van der Waals surface area (Å²) in [5, 5.41) is 3.23. The summed E-state index contributed by atoms with van der Waals surface area (Å²) in [5.41, 5.74) is 1.21. The van der Waals surface area contributed by atoms with Gasteiger partial charge >= 0.3 is 0 Å². The third-order valence-corrected chi connectivity index (χ3v) is 3.46. The van der Waals surface area contributed by atoms with Gasteiger partial charge in [-0.25, -0.2) is 4.98 Å². The van der Waals surface area contributed by atoms with Crippen molar-refractivity contribution in [3.63, 3.8) is 0 Å². The largest absolute Gasteiger partial charge is 0.325 e. The Kier molecular flexibility index (Phi) is 2.98. The number of nitrogens with zero attached hydrogens (tertiary/aromatic N) is 2. The number of aromatic nitrogens is 2. The number of hydrogen-bond donors (Lipinski definition) is 1. The monoisotopic (exact) mass is 277 g/mol. The van der Waals surface area contributed by atoms with Gasteiger partial charge in [-0.3, -0.25) is 14.2 Å². The number of nitrogens with one attached hydrogen (secondary N) is 1. The van der Waals surface area contributed by atoms with E-state index in [0.29, 0.717) is 16.6 Å². The minimum Gasteiger partial charge on any atom is -0.325 e. The summed E-state index contributed by atoms with van der Waals surface area (Å²) >= 11 is 5.44. The van der Waals surface area contributed by atoms with Gasteiger partial charge in [0, 0.05) is 18.7 Å². The molecule has 1 aromatic carbocycles. The Hall–Kier alpha value is -1.88. The van der Waals surface area contributed by atoms with Crippen LogP contribution in [-0.4, -0.2) is 21.3 Å². The Morgan fingerprint density at radius 1 is 1.47 bits per heavy atom. The second kappa shape index (κ2) is 4.66. The number of amides is 1. The summed E-state index contributed by atoms with van der Waals surface area (Å²) in [7, 11) is 0. The molecule has 98 valence electrons. The second-order valence-corrected chi connectivity index (χ2v) is 4.77. The molecular formula is C13H12ClN3O2. The van der Waals surface area contributed by atoms with E-state index in [-0.39, 0.29) is 17.3 Å². The number of rotatable bonds is 2. The molecule has 2 heterocycles. The highest BCUT2D eigenvalue weighted by atomic mass is 35.5. The summed E-state index contributed by atoms with van der Waals surface area (Å²) in [6.07, 6.45) is 1.78. The molecule has 0 aliphatic carbocycles. The predicted octanol–water partition coefficient (Wildman–Crippen LogP) is 1.52. The molecule has 0 bridgehead atoms. The van der Waals surface area contributed by atoms with Crippen LogP contribution in [0.25, 0.3) is 10.9 Å². The standard InChI is InChI=1S/C13H12ClN3O2/c14-7-12(18)15-8-3-4-9-10(6-8)16-11-2-1-5-17(11)13(9)19/h3-4,6H,1-2,5,7H2,(H,15,18). The third kappa shape index (κ3) is 2.10. The molecule has 2 aromatic rings. The average Bonchev–Trinajstić information content (AvgIpc) is 2.87. The van der Waals surface area contributed by atoms with Crippen molar-refractivity contribution in [3.8, 4) is 0 Å². The lowest BCUT2D eigenvalue weighted by Gasteiger charge is -2.07. The zero-order valence-corrected chi connectivity index (χ0v) is 10.9. The highest BCUT2D eigenvalue weighted by molar-refractivity contribution is 6.29. The first-order chi connectivity index (χ1) is 9.19. The minimum atomic E-state index is -0.279. The molecule has 1 aliphatic rings. The maximum Gasteiger partial charge on any atom is 0.261 e. The van der Waals surface area contributed by atoms with E-state index in [4.69, 9.17) is 11.6 Å². The van der Waals surface area contributed by atoms with E-state index in [2.05, 4.69) is 10.3 Å². The number of hydrogen-bond acceptors (Lipinski definition) is 3. The number of alkyl halides is 1. The lowest BCUT2D eigenvalue weighted by atomic mass is 10.2. The van der Waals surface area contributed by atoms with Crippen molar-refractivity contribution in [2.45, 2.75) is 19.4 Å². The first-order valence-corrected chi connectivity index (χ1v) is 6.62. The molecule has 1 aromatic heterocycles. The Bertz CT molecular complexity index is 724. The fraction of sp³-hybridized carbons (Fsp3) is 0.308. The van der Waals surface area contributed by atoms with Crippen LogP contribution in [0.15, 0.2) is 23.0 Å². The number of aryl methyl sites for hydroxylation is 1. The molecule has 1 aliphatic heterocycles. The van der Waals surface area contributed by atoms with E-state index in [1.165, 1.54) is 0 Å². The molecule has 1 amide bonds. The van der Waals surface area contributed by atoms with Crippen molar-refractivity contribution in [2.24, 2.45) is 0 Å². The Balaban J connectivity index is 2.11. The van der Waals surface area contributed by atoms with Gasteiger partial charge < -0.3 is 5.32 Å². The fourth-order valence-corrected chi connectivity index (χ4v) is 2.42. The highest BCUT2D eigenvalue weighted by Gasteiger charge is 2.16. The van der Waals surface area contributed by atoms with E-state index in [9.17, 15) is 9.59 Å². The zero-order valence-electron chi connectivity index (χ0n) is 10.1. The van der Waals surface area contributed by atoms with Gasteiger partial charge in [-0.1, -0.05) is 0 Å². The summed E-state index contributed by atoms with van der Waals surface area (Å²) < 4.78 is 1.72. The highest BCUT2D eigenvalue weighted by Crippen LogP contribution is 2.18. The Morgan fingerprint density at radius 3 is 3.11 bits per heavy atom. The topological polar surface area (TPSA) is 64.0 Å². The number of fused-ring (bicyclic) bond motifs is 2. The predicted molar refractivity (Wildman–Crippen MR) is 73.7 cm³/mol. The van der Waals surface area contributed by atoms with Crippen LogP contribution in [0.1, 0.15) is 12.2 Å². The van der Waals surface area contributed by atoms with Crippen LogP contribution < -0.4 is 10.9 Å². The van der Waals surface area contributed by atoms with Gasteiger partial charge in [-0.2, -0.15) is 0 Å². The van der Waals surface area contributed by atoms with E-state index >= 15 is 0 Å². The molecule has 5 nitrogen and oxygen atoms in total. The molecule has 0 saturated heterocycles. The van der Waals surface area contributed by atoms with Crippen molar-refractivity contribution >= 4 is 34.1 Å². The Labute approximate surface area is 114 Å². The number of anilines is 1. The first-order valence-electron chi connectivity index (χ1n) is 6.08. The van der Waals surface area contributed by atoms with E-state index in [1.807, 2.05) is 0 Å². The van der Waals surface area contributed by atoms with Gasteiger partial charge in [-0.05, 0) is 24.6 Å². The van der Waals surface area contributed by atoms with E-state index in [1.54, 1.807) is 22.8 Å². The van der Waals surface area contributed by atoms with Crippen LogP contribution in [-0.2, 0) is 17.8 Å². The van der Waals surface area contributed by atoms with Crippen LogP contribution in [0, 0.1) is 0 Å². The molecule has 0 saturated carbocycles. The second-order valence-electron chi connectivity index (χ2n) is 4.50. The van der Waals surface area contributed by atoms with Gasteiger partial charge in [-0.15, -0.1) is 11.6 Å². The molecule has 3 rings (SSSR count). The van der Waals surface area contributed by atoms with E-state index < -0.39 is 0 Å². The molecule has 0 atom stereocenters. The SMILES string of the molecule is O=C(CCl)Nc1ccc2c(=O)n3c(nc2c1)CCC3. The summed E-state index contributed by atoms with van der Waals surface area (Å²) in [4.78, 5) is 28.0. The lowest BCUT2D eigenvalue weighted by molar-refractivity contribution is -0.113. The van der Waals surface area contributed by atoms with Gasteiger partial charge in [0.15, 0.2) is 0 Å². The molecule has 0 radical (unpaired) electrons. The van der Waals surface area contributed by atoms with E-state index in [0.717, 1.165) is 25.2 Å². The normalized spacial score (nSPS) is 13.5. The summed E-state index contributed by atoms with van der Waals surface area (Å²) in [6, 6.07) is 5.10. The lowest BCUT2D eigenvalue weighted by Crippen LogP contribution is -2.21.